The molecule has 0 spiro atoms. The maximum Gasteiger partial charge on any atom is 0.277 e. The van der Waals surface area contributed by atoms with Crippen molar-refractivity contribution in [1.82, 2.24) is 25.3 Å². The Morgan fingerprint density at radius 2 is 2.17 bits per heavy atom. The van der Waals surface area contributed by atoms with E-state index in [9.17, 15) is 9.90 Å². The van der Waals surface area contributed by atoms with Gasteiger partial charge in [0.25, 0.3) is 5.91 Å². The van der Waals surface area contributed by atoms with Crippen molar-refractivity contribution in [3.8, 4) is 11.8 Å². The molecule has 3 heterocycles. The Morgan fingerprint density at radius 1 is 1.33 bits per heavy atom. The topological polar surface area (TPSA) is 156 Å². The van der Waals surface area contributed by atoms with Gasteiger partial charge in [0.1, 0.15) is 17.3 Å². The van der Waals surface area contributed by atoms with Gasteiger partial charge in [-0.3, -0.25) is 9.89 Å². The second kappa shape index (κ2) is 7.31. The zero-order valence-corrected chi connectivity index (χ0v) is 16.1. The van der Waals surface area contributed by atoms with Crippen molar-refractivity contribution in [3.63, 3.8) is 0 Å². The molecule has 3 aromatic heterocycles. The second-order valence-corrected chi connectivity index (χ2v) is 6.73. The quantitative estimate of drug-likeness (QED) is 0.377. The van der Waals surface area contributed by atoms with Crippen LogP contribution in [0.1, 0.15) is 34.4 Å². The van der Waals surface area contributed by atoms with Crippen LogP contribution in [0, 0.1) is 18.8 Å². The summed E-state index contributed by atoms with van der Waals surface area (Å²) < 4.78 is 4.99. The molecule has 0 saturated carbocycles. The normalized spacial score (nSPS) is 12.8. The van der Waals surface area contributed by atoms with Crippen LogP contribution in [0.25, 0.3) is 10.9 Å². The maximum absolute atomic E-state index is 12.5. The Kier molecular flexibility index (Phi) is 4.65. The lowest BCUT2D eigenvalue weighted by Gasteiger charge is -2.11. The lowest BCUT2D eigenvalue weighted by atomic mass is 10.0. The lowest BCUT2D eigenvalue weighted by molar-refractivity contribution is 0.102. The maximum atomic E-state index is 12.5. The largest absolute Gasteiger partial charge is 0.372 e. The fourth-order valence-corrected chi connectivity index (χ4v) is 2.74. The van der Waals surface area contributed by atoms with Gasteiger partial charge in [-0.2, -0.15) is 10.1 Å². The highest BCUT2D eigenvalue weighted by molar-refractivity contribution is 6.10. The molecular formula is C20H17N7O3. The van der Waals surface area contributed by atoms with Gasteiger partial charge in [0.15, 0.2) is 11.3 Å². The number of aromatic nitrogens is 5. The Balaban J connectivity index is 1.58. The van der Waals surface area contributed by atoms with E-state index in [2.05, 4.69) is 42.5 Å². The molecule has 10 heteroatoms. The summed E-state index contributed by atoms with van der Waals surface area (Å²) in [6.07, 6.45) is 1.45. The number of fused-ring (bicyclic) bond motifs is 1. The van der Waals surface area contributed by atoms with E-state index in [1.807, 2.05) is 0 Å². The molecule has 0 aliphatic heterocycles. The number of aryl methyl sites for hydroxylation is 1. The van der Waals surface area contributed by atoms with E-state index >= 15 is 0 Å². The summed E-state index contributed by atoms with van der Waals surface area (Å²) in [5, 5.41) is 24.5. The van der Waals surface area contributed by atoms with Gasteiger partial charge in [0.2, 0.25) is 5.95 Å². The minimum Gasteiger partial charge on any atom is -0.372 e. The number of anilines is 2. The van der Waals surface area contributed by atoms with E-state index in [1.165, 1.54) is 19.2 Å². The van der Waals surface area contributed by atoms with Crippen molar-refractivity contribution < 1.29 is 14.4 Å². The Bertz CT molecular complexity index is 1310. The molecule has 0 unspecified atom stereocenters. The van der Waals surface area contributed by atoms with Crippen LogP contribution >= 0.6 is 0 Å². The van der Waals surface area contributed by atoms with E-state index < -0.39 is 11.5 Å². The Hall–Kier alpha value is -4.23. The highest BCUT2D eigenvalue weighted by Gasteiger charge is 2.24. The first-order chi connectivity index (χ1) is 14.3. The molecule has 4 rings (SSSR count). The van der Waals surface area contributed by atoms with Crippen molar-refractivity contribution in [3.05, 3.63) is 59.2 Å². The number of amides is 1. The van der Waals surface area contributed by atoms with Crippen LogP contribution in [-0.4, -0.2) is 36.3 Å². The minimum atomic E-state index is -1.47. The highest BCUT2D eigenvalue weighted by Crippen LogP contribution is 2.21. The first kappa shape index (κ1) is 19.1. The number of aliphatic hydroxyl groups is 1. The molecule has 30 heavy (non-hydrogen) atoms. The van der Waals surface area contributed by atoms with Crippen LogP contribution in [0.4, 0.5) is 11.8 Å². The van der Waals surface area contributed by atoms with E-state index in [1.54, 1.807) is 31.2 Å². The summed E-state index contributed by atoms with van der Waals surface area (Å²) in [7, 11) is 0. The number of nitrogens with one attached hydrogen (secondary N) is 2. The van der Waals surface area contributed by atoms with Gasteiger partial charge >= 0.3 is 0 Å². The number of aromatic amines is 1. The summed E-state index contributed by atoms with van der Waals surface area (Å²) >= 11 is 0. The molecule has 0 fully saturated rings. The predicted molar refractivity (Wildman–Crippen MR) is 108 cm³/mol. The summed E-state index contributed by atoms with van der Waals surface area (Å²) in [5.41, 5.74) is 5.83. The van der Waals surface area contributed by atoms with Crippen LogP contribution < -0.4 is 11.1 Å². The van der Waals surface area contributed by atoms with Gasteiger partial charge < -0.3 is 20.7 Å². The number of H-pyrrole nitrogens is 1. The van der Waals surface area contributed by atoms with Gasteiger partial charge in [-0.05, 0) is 38.1 Å². The van der Waals surface area contributed by atoms with Crippen molar-refractivity contribution in [2.24, 2.45) is 0 Å². The third-order valence-corrected chi connectivity index (χ3v) is 4.27. The summed E-state index contributed by atoms with van der Waals surface area (Å²) in [5.74, 6) is 6.16. The highest BCUT2D eigenvalue weighted by atomic mass is 16.5. The molecule has 1 aromatic carbocycles. The smallest absolute Gasteiger partial charge is 0.277 e. The van der Waals surface area contributed by atoms with E-state index in [0.717, 1.165) is 0 Å². The third-order valence-electron chi connectivity index (χ3n) is 4.27. The van der Waals surface area contributed by atoms with Crippen LogP contribution in [0.5, 0.6) is 0 Å². The molecule has 150 valence electrons. The number of nitrogen functional groups attached to an aromatic ring is 1. The third kappa shape index (κ3) is 3.82. The molecule has 4 aromatic rings. The number of nitrogens with two attached hydrogens (primary N) is 1. The van der Waals surface area contributed by atoms with Crippen molar-refractivity contribution >= 4 is 28.6 Å². The van der Waals surface area contributed by atoms with E-state index in [0.29, 0.717) is 27.9 Å². The monoisotopic (exact) mass is 403 g/mol. The second-order valence-electron chi connectivity index (χ2n) is 6.73. The Morgan fingerprint density at radius 3 is 2.90 bits per heavy atom. The standard InChI is InChI=1S/C20H17N7O3/c1-11-9-15(27-30-11)20(2,29)7-5-12-3-4-13-14(10-12)25-26-17(13)18(28)23-16-6-8-22-19(21)24-16/h3-4,6,8-10,29H,1-2H3,(H,25,26)(H3,21,22,23,24,28)/t20-/m1/s1. The molecule has 0 aliphatic rings. The summed E-state index contributed by atoms with van der Waals surface area (Å²) in [6.45, 7) is 3.27. The SMILES string of the molecule is Cc1cc([C@](C)(O)C#Cc2ccc3c(C(=O)Nc4ccnc(N)n4)n[nH]c3c2)no1. The number of hydrogen-bond acceptors (Lipinski definition) is 8. The van der Waals surface area contributed by atoms with Crippen molar-refractivity contribution in [2.75, 3.05) is 11.1 Å². The molecule has 5 N–H and O–H groups in total. The zero-order valence-electron chi connectivity index (χ0n) is 16.1. The van der Waals surface area contributed by atoms with Gasteiger partial charge in [0, 0.05) is 23.2 Å². The average molecular weight is 403 g/mol. The van der Waals surface area contributed by atoms with Crippen LogP contribution in [0.2, 0.25) is 0 Å². The first-order valence-electron chi connectivity index (χ1n) is 8.89. The molecule has 1 atom stereocenters. The summed E-state index contributed by atoms with van der Waals surface area (Å²) in [4.78, 5) is 20.2. The number of carbonyl (C=O) groups is 1. The number of nitrogens with zero attached hydrogens (tertiary/aromatic N) is 4. The zero-order chi connectivity index (χ0) is 21.3. The molecule has 0 bridgehead atoms. The average Bonchev–Trinajstić information content (AvgIpc) is 3.33. The predicted octanol–water partition coefficient (Wildman–Crippen LogP) is 1.74. The van der Waals surface area contributed by atoms with Gasteiger partial charge in [-0.25, -0.2) is 4.98 Å². The lowest BCUT2D eigenvalue weighted by Crippen LogP contribution is -2.18. The fraction of sp³-hybridized carbons (Fsp3) is 0.150. The van der Waals surface area contributed by atoms with Crippen molar-refractivity contribution in [1.29, 1.82) is 0 Å². The number of rotatable bonds is 3. The van der Waals surface area contributed by atoms with Gasteiger partial charge in [-0.1, -0.05) is 17.0 Å². The van der Waals surface area contributed by atoms with Crippen molar-refractivity contribution in [2.45, 2.75) is 19.4 Å². The molecular weight excluding hydrogens is 386 g/mol. The number of benzene rings is 1. The first-order valence-corrected chi connectivity index (χ1v) is 8.89. The molecule has 0 aliphatic carbocycles. The molecule has 0 saturated heterocycles. The molecule has 1 amide bonds. The summed E-state index contributed by atoms with van der Waals surface area (Å²) in [6, 6.07) is 8.34. The van der Waals surface area contributed by atoms with Gasteiger partial charge in [0.05, 0.1) is 5.52 Å². The molecule has 0 radical (unpaired) electrons. The van der Waals surface area contributed by atoms with E-state index in [4.69, 9.17) is 10.3 Å². The van der Waals surface area contributed by atoms with Crippen LogP contribution in [-0.2, 0) is 5.60 Å². The van der Waals surface area contributed by atoms with Crippen LogP contribution in [0.3, 0.4) is 0 Å². The van der Waals surface area contributed by atoms with Crippen LogP contribution in [0.15, 0.2) is 41.1 Å². The van der Waals surface area contributed by atoms with Gasteiger partial charge in [-0.15, -0.1) is 0 Å². The molecule has 10 nitrogen and oxygen atoms in total. The fourth-order valence-electron chi connectivity index (χ4n) is 2.74. The number of carbonyl (C=O) groups excluding carboxylic acids is 1. The van der Waals surface area contributed by atoms with E-state index in [-0.39, 0.29) is 17.5 Å². The Labute approximate surface area is 170 Å². The number of hydrogen-bond donors (Lipinski definition) is 4. The minimum absolute atomic E-state index is 0.0552.